The molecule has 8 nitrogen and oxygen atoms in total. The van der Waals surface area contributed by atoms with Gasteiger partial charge in [0.1, 0.15) is 0 Å². The SMILES string of the molecule is CN1CCC2(CC1)C1=C3C(=C(N)C2(C#N)C#N)C(=N)O[C@]2(C(=O)c4cccc5cccc2c45)[C@@H]3CN(C)C1. The lowest BCUT2D eigenvalue weighted by Crippen LogP contribution is -2.62. The number of nitrogens with zero attached hydrogens (tertiary/aromatic N) is 4. The second-order valence-corrected chi connectivity index (χ2v) is 11.5. The molecule has 190 valence electrons. The van der Waals surface area contributed by atoms with Gasteiger partial charge in [-0.05, 0) is 56.6 Å². The first-order chi connectivity index (χ1) is 18.3. The van der Waals surface area contributed by atoms with Gasteiger partial charge in [0.15, 0.2) is 5.41 Å². The topological polar surface area (TPSA) is 130 Å². The van der Waals surface area contributed by atoms with Crippen LogP contribution in [0, 0.1) is 44.8 Å². The van der Waals surface area contributed by atoms with E-state index in [1.54, 1.807) is 0 Å². The van der Waals surface area contributed by atoms with Gasteiger partial charge in [0.2, 0.25) is 17.3 Å². The first kappa shape index (κ1) is 23.2. The Kier molecular flexibility index (Phi) is 4.46. The number of benzene rings is 2. The molecular formula is C30H28N6O2. The fourth-order valence-corrected chi connectivity index (χ4v) is 8.09. The van der Waals surface area contributed by atoms with Crippen LogP contribution < -0.4 is 5.73 Å². The number of hydrogen-bond acceptors (Lipinski definition) is 8. The number of nitrogens with one attached hydrogen (secondary N) is 1. The Morgan fingerprint density at radius 1 is 1.08 bits per heavy atom. The van der Waals surface area contributed by atoms with Gasteiger partial charge in [-0.3, -0.25) is 10.2 Å². The number of fused-ring (bicyclic) bond motifs is 3. The highest BCUT2D eigenvalue weighted by Gasteiger charge is 2.68. The normalized spacial score (nSPS) is 29.4. The summed E-state index contributed by atoms with van der Waals surface area (Å²) in [6.45, 7) is 2.52. The number of likely N-dealkylation sites (N-methyl/N-ethyl adjacent to an activating group) is 1. The van der Waals surface area contributed by atoms with Crippen LogP contribution in [0.2, 0.25) is 0 Å². The Hall–Kier alpha value is -3.98. The number of allylic oxidation sites excluding steroid dienone is 1. The number of carbonyl (C=O) groups excluding carboxylic acids is 1. The number of piperidine rings is 1. The van der Waals surface area contributed by atoms with Crippen LogP contribution in [0.25, 0.3) is 10.8 Å². The first-order valence-corrected chi connectivity index (χ1v) is 13.0. The number of ether oxygens (including phenoxy) is 1. The maximum absolute atomic E-state index is 14.4. The van der Waals surface area contributed by atoms with Gasteiger partial charge in [-0.25, -0.2) is 0 Å². The highest BCUT2D eigenvalue weighted by atomic mass is 16.5. The van der Waals surface area contributed by atoms with E-state index in [0.29, 0.717) is 37.1 Å². The van der Waals surface area contributed by atoms with Crippen molar-refractivity contribution in [3.05, 3.63) is 69.9 Å². The Morgan fingerprint density at radius 3 is 2.45 bits per heavy atom. The summed E-state index contributed by atoms with van der Waals surface area (Å²) in [6.07, 6.45) is 1.20. The standard InChI is InChI=1S/C30H28N6O2/c1-35-11-9-28(10-12-35)20-13-36(2)14-21-23(20)24(25(33)29(28,15-31)16-32)27(34)38-30(21)19-8-4-6-17-5-3-7-18(22(17)19)26(30)37/h3-8,21,34H,9-14,33H2,1-2H3/t21-,30+/m1/s1. The molecule has 2 aromatic carbocycles. The molecule has 5 aliphatic rings. The van der Waals surface area contributed by atoms with E-state index < -0.39 is 22.3 Å². The molecule has 3 aliphatic heterocycles. The third kappa shape index (κ3) is 2.37. The Bertz CT molecular complexity index is 1610. The van der Waals surface area contributed by atoms with Gasteiger partial charge in [-0.1, -0.05) is 36.4 Å². The van der Waals surface area contributed by atoms with E-state index in [-0.39, 0.29) is 17.4 Å². The molecule has 0 amide bonds. The zero-order valence-electron chi connectivity index (χ0n) is 21.5. The van der Waals surface area contributed by atoms with Crippen molar-refractivity contribution in [3.8, 4) is 12.1 Å². The molecule has 3 heterocycles. The van der Waals surface area contributed by atoms with Gasteiger partial charge in [-0.15, -0.1) is 0 Å². The summed E-state index contributed by atoms with van der Waals surface area (Å²) < 4.78 is 6.48. The van der Waals surface area contributed by atoms with Crippen LogP contribution in [0.1, 0.15) is 28.8 Å². The summed E-state index contributed by atoms with van der Waals surface area (Å²) in [7, 11) is 4.05. The molecule has 0 radical (unpaired) electrons. The van der Waals surface area contributed by atoms with E-state index in [9.17, 15) is 15.3 Å². The molecule has 2 spiro atoms. The van der Waals surface area contributed by atoms with Crippen molar-refractivity contribution in [1.29, 1.82) is 15.9 Å². The molecule has 2 atom stereocenters. The summed E-state index contributed by atoms with van der Waals surface area (Å²) in [5.74, 6) is -0.809. The molecule has 2 saturated heterocycles. The predicted molar refractivity (Wildman–Crippen MR) is 141 cm³/mol. The molecule has 3 N–H and O–H groups in total. The molecule has 2 aliphatic carbocycles. The Balaban J connectivity index is 1.57. The fraction of sp³-hybridized carbons (Fsp3) is 0.400. The number of rotatable bonds is 0. The minimum Gasteiger partial charge on any atom is -0.457 e. The quantitative estimate of drug-likeness (QED) is 0.564. The largest absolute Gasteiger partial charge is 0.457 e. The first-order valence-electron chi connectivity index (χ1n) is 13.0. The molecule has 0 bridgehead atoms. The summed E-state index contributed by atoms with van der Waals surface area (Å²) in [6, 6.07) is 16.2. The number of hydrogen-bond donors (Lipinski definition) is 2. The van der Waals surface area contributed by atoms with Crippen LogP contribution in [0.3, 0.4) is 0 Å². The van der Waals surface area contributed by atoms with Gasteiger partial charge in [0, 0.05) is 40.9 Å². The average molecular weight is 505 g/mol. The average Bonchev–Trinajstić information content (AvgIpc) is 3.15. The molecular weight excluding hydrogens is 476 g/mol. The van der Waals surface area contributed by atoms with E-state index >= 15 is 0 Å². The smallest absolute Gasteiger partial charge is 0.216 e. The number of likely N-dealkylation sites (tertiary alicyclic amines) is 1. The molecule has 0 saturated carbocycles. The lowest BCUT2D eigenvalue weighted by Gasteiger charge is -2.58. The van der Waals surface area contributed by atoms with E-state index in [1.165, 1.54) is 0 Å². The molecule has 2 fully saturated rings. The van der Waals surface area contributed by atoms with Crippen LogP contribution in [0.5, 0.6) is 0 Å². The second-order valence-electron chi connectivity index (χ2n) is 11.5. The van der Waals surface area contributed by atoms with Crippen LogP contribution in [-0.2, 0) is 10.3 Å². The summed E-state index contributed by atoms with van der Waals surface area (Å²) in [4.78, 5) is 18.8. The second kappa shape index (κ2) is 7.32. The zero-order valence-corrected chi connectivity index (χ0v) is 21.5. The monoisotopic (exact) mass is 504 g/mol. The molecule has 0 aromatic heterocycles. The third-order valence-electron chi connectivity index (χ3n) is 9.88. The molecule has 38 heavy (non-hydrogen) atoms. The molecule has 2 aromatic rings. The van der Waals surface area contributed by atoms with Crippen LogP contribution in [0.4, 0.5) is 0 Å². The van der Waals surface area contributed by atoms with Crippen molar-refractivity contribution in [2.24, 2.45) is 22.5 Å². The number of carbonyl (C=O) groups is 1. The Labute approximate surface area is 221 Å². The van der Waals surface area contributed by atoms with Crippen molar-refractivity contribution < 1.29 is 9.53 Å². The zero-order chi connectivity index (χ0) is 26.6. The van der Waals surface area contributed by atoms with Crippen LogP contribution >= 0.6 is 0 Å². The highest BCUT2D eigenvalue weighted by Crippen LogP contribution is 2.65. The summed E-state index contributed by atoms with van der Waals surface area (Å²) in [5, 5.41) is 32.2. The number of nitrogens with two attached hydrogens (primary N) is 1. The van der Waals surface area contributed by atoms with Crippen molar-refractivity contribution >= 4 is 22.5 Å². The summed E-state index contributed by atoms with van der Waals surface area (Å²) in [5.41, 5.74) is 6.63. The number of ketones is 1. The van der Waals surface area contributed by atoms with Crippen molar-refractivity contribution in [2.45, 2.75) is 18.4 Å². The lowest BCUT2D eigenvalue weighted by atomic mass is 9.48. The van der Waals surface area contributed by atoms with Crippen molar-refractivity contribution in [1.82, 2.24) is 9.80 Å². The Morgan fingerprint density at radius 2 is 1.76 bits per heavy atom. The third-order valence-corrected chi connectivity index (χ3v) is 9.88. The predicted octanol–water partition coefficient (Wildman–Crippen LogP) is 3.07. The van der Waals surface area contributed by atoms with Gasteiger partial charge in [-0.2, -0.15) is 10.5 Å². The van der Waals surface area contributed by atoms with Gasteiger partial charge >= 0.3 is 0 Å². The van der Waals surface area contributed by atoms with Crippen LogP contribution in [-0.4, -0.2) is 61.8 Å². The van der Waals surface area contributed by atoms with E-state index in [1.807, 2.05) is 50.5 Å². The number of Topliss-reactive ketones (excluding diaryl/α,β-unsaturated/α-hetero) is 1. The van der Waals surface area contributed by atoms with Gasteiger partial charge < -0.3 is 20.3 Å². The highest BCUT2D eigenvalue weighted by molar-refractivity contribution is 6.21. The molecule has 7 rings (SSSR count). The fourth-order valence-electron chi connectivity index (χ4n) is 8.09. The van der Waals surface area contributed by atoms with Crippen molar-refractivity contribution in [2.75, 3.05) is 40.3 Å². The van der Waals surface area contributed by atoms with E-state index in [0.717, 1.165) is 40.6 Å². The molecule has 0 unspecified atom stereocenters. The van der Waals surface area contributed by atoms with Gasteiger partial charge in [0.25, 0.3) is 0 Å². The maximum atomic E-state index is 14.4. The lowest BCUT2D eigenvalue weighted by molar-refractivity contribution is -0.00848. The van der Waals surface area contributed by atoms with Gasteiger partial charge in [0.05, 0.1) is 23.4 Å². The van der Waals surface area contributed by atoms with E-state index in [2.05, 4.69) is 21.9 Å². The van der Waals surface area contributed by atoms with Crippen LogP contribution in [0.15, 0.2) is 58.8 Å². The number of nitriles is 2. The van der Waals surface area contributed by atoms with Crippen molar-refractivity contribution in [3.63, 3.8) is 0 Å². The summed E-state index contributed by atoms with van der Waals surface area (Å²) >= 11 is 0. The minimum atomic E-state index is -1.62. The minimum absolute atomic E-state index is 0.0985. The van der Waals surface area contributed by atoms with E-state index in [4.69, 9.17) is 15.9 Å². The molecule has 8 heteroatoms. The maximum Gasteiger partial charge on any atom is 0.216 e.